The zero-order valence-electron chi connectivity index (χ0n) is 15.4. The van der Waals surface area contributed by atoms with E-state index in [1.807, 2.05) is 0 Å². The molecule has 0 amide bonds. The van der Waals surface area contributed by atoms with Crippen molar-refractivity contribution in [3.05, 3.63) is 29.3 Å². The van der Waals surface area contributed by atoms with E-state index in [2.05, 4.69) is 9.47 Å². The highest BCUT2D eigenvalue weighted by Crippen LogP contribution is 2.50. The van der Waals surface area contributed by atoms with E-state index in [1.54, 1.807) is 0 Å². The zero-order chi connectivity index (χ0) is 21.0. The van der Waals surface area contributed by atoms with Gasteiger partial charge in [0.15, 0.2) is 23.0 Å². The lowest BCUT2D eigenvalue weighted by Crippen LogP contribution is -2.06. The minimum absolute atomic E-state index is 0.0285. The Hall–Kier alpha value is -3.82. The van der Waals surface area contributed by atoms with E-state index in [0.717, 1.165) is 26.4 Å². The number of carbonyl (C=O) groups is 2. The molecule has 0 radical (unpaired) electrons. The van der Waals surface area contributed by atoms with Gasteiger partial charge in [-0.2, -0.15) is 0 Å². The molecule has 0 saturated carbocycles. The van der Waals surface area contributed by atoms with Crippen molar-refractivity contribution in [3.63, 3.8) is 0 Å². The zero-order valence-corrected chi connectivity index (χ0v) is 15.4. The Morgan fingerprint density at radius 3 is 1.89 bits per heavy atom. The van der Waals surface area contributed by atoms with Gasteiger partial charge in [0, 0.05) is 6.07 Å². The number of hydrogen-bond donors (Lipinski definition) is 3. The molecular formula is C18H18O10. The van der Waals surface area contributed by atoms with E-state index < -0.39 is 34.9 Å². The van der Waals surface area contributed by atoms with Crippen LogP contribution < -0.4 is 14.2 Å². The molecule has 3 N–H and O–H groups in total. The van der Waals surface area contributed by atoms with Crippen LogP contribution in [0.25, 0.3) is 0 Å². The second-order valence-corrected chi connectivity index (χ2v) is 5.26. The molecule has 0 aromatic heterocycles. The number of methoxy groups -OCH3 is 4. The molecule has 0 unspecified atom stereocenters. The molecule has 10 heteroatoms. The second kappa shape index (κ2) is 8.25. The Bertz CT molecular complexity index is 919. The van der Waals surface area contributed by atoms with Crippen molar-refractivity contribution in [1.82, 2.24) is 0 Å². The third kappa shape index (κ3) is 3.65. The first-order valence-corrected chi connectivity index (χ1v) is 7.67. The van der Waals surface area contributed by atoms with Gasteiger partial charge in [0.2, 0.25) is 17.2 Å². The number of carbonyl (C=O) groups excluding carboxylic acids is 2. The van der Waals surface area contributed by atoms with Gasteiger partial charge < -0.3 is 39.0 Å². The Morgan fingerprint density at radius 1 is 0.750 bits per heavy atom. The van der Waals surface area contributed by atoms with Gasteiger partial charge in [0.05, 0.1) is 34.0 Å². The second-order valence-electron chi connectivity index (χ2n) is 5.26. The number of rotatable bonds is 6. The van der Waals surface area contributed by atoms with Crippen LogP contribution >= 0.6 is 0 Å². The molecule has 0 aliphatic rings. The third-order valence-electron chi connectivity index (χ3n) is 3.70. The summed E-state index contributed by atoms with van der Waals surface area (Å²) in [4.78, 5) is 23.7. The summed E-state index contributed by atoms with van der Waals surface area (Å²) in [6, 6.07) is 3.35. The molecule has 28 heavy (non-hydrogen) atoms. The quantitative estimate of drug-likeness (QED) is 0.493. The van der Waals surface area contributed by atoms with Crippen molar-refractivity contribution in [2.24, 2.45) is 0 Å². The van der Waals surface area contributed by atoms with Gasteiger partial charge >= 0.3 is 11.9 Å². The lowest BCUT2D eigenvalue weighted by Gasteiger charge is -2.17. The summed E-state index contributed by atoms with van der Waals surface area (Å²) in [6.07, 6.45) is 0. The molecule has 0 bridgehead atoms. The van der Waals surface area contributed by atoms with Crippen LogP contribution in [0.15, 0.2) is 18.2 Å². The Labute approximate surface area is 159 Å². The molecule has 2 rings (SSSR count). The van der Waals surface area contributed by atoms with Crippen molar-refractivity contribution >= 4 is 11.9 Å². The van der Waals surface area contributed by atoms with Crippen molar-refractivity contribution in [2.45, 2.75) is 0 Å². The summed E-state index contributed by atoms with van der Waals surface area (Å²) in [6.45, 7) is 0. The highest BCUT2D eigenvalue weighted by molar-refractivity contribution is 5.95. The molecule has 150 valence electrons. The molecule has 0 saturated heterocycles. The highest BCUT2D eigenvalue weighted by Gasteiger charge is 2.27. The van der Waals surface area contributed by atoms with E-state index >= 15 is 0 Å². The van der Waals surface area contributed by atoms with Crippen LogP contribution in [0, 0.1) is 0 Å². The molecule has 2 aromatic rings. The Morgan fingerprint density at radius 2 is 1.36 bits per heavy atom. The summed E-state index contributed by atoms with van der Waals surface area (Å²) in [5.41, 5.74) is -0.327. The highest BCUT2D eigenvalue weighted by atomic mass is 16.5. The SMILES string of the molecule is COC(=O)c1cc(O)c(Oc2c(C(=O)OC)cc(OC)c(O)c2O)c(OC)c1. The van der Waals surface area contributed by atoms with Crippen LogP contribution in [0.3, 0.4) is 0 Å². The fraction of sp³-hybridized carbons (Fsp3) is 0.222. The van der Waals surface area contributed by atoms with Gasteiger partial charge in [0.25, 0.3) is 0 Å². The topological polar surface area (TPSA) is 141 Å². The predicted molar refractivity (Wildman–Crippen MR) is 93.7 cm³/mol. The van der Waals surface area contributed by atoms with Crippen molar-refractivity contribution in [1.29, 1.82) is 0 Å². The van der Waals surface area contributed by atoms with Crippen LogP contribution in [0.5, 0.6) is 40.2 Å². The predicted octanol–water partition coefficient (Wildman–Crippen LogP) is 2.19. The normalized spacial score (nSPS) is 10.1. The van der Waals surface area contributed by atoms with Gasteiger partial charge in [-0.15, -0.1) is 0 Å². The molecule has 0 spiro atoms. The fourth-order valence-corrected chi connectivity index (χ4v) is 2.32. The monoisotopic (exact) mass is 394 g/mol. The summed E-state index contributed by atoms with van der Waals surface area (Å²) >= 11 is 0. The first kappa shape index (κ1) is 20.5. The summed E-state index contributed by atoms with van der Waals surface area (Å²) in [5, 5.41) is 30.5. The largest absolute Gasteiger partial charge is 0.504 e. The van der Waals surface area contributed by atoms with E-state index in [0.29, 0.717) is 0 Å². The fourth-order valence-electron chi connectivity index (χ4n) is 2.32. The van der Waals surface area contributed by atoms with Gasteiger partial charge in [-0.05, 0) is 12.1 Å². The van der Waals surface area contributed by atoms with Crippen LogP contribution in [0.4, 0.5) is 0 Å². The number of phenols is 3. The van der Waals surface area contributed by atoms with E-state index in [-0.39, 0.29) is 28.4 Å². The maximum Gasteiger partial charge on any atom is 0.341 e. The van der Waals surface area contributed by atoms with Crippen molar-refractivity contribution in [3.8, 4) is 40.2 Å². The van der Waals surface area contributed by atoms with Gasteiger partial charge in [0.1, 0.15) is 5.56 Å². The lowest BCUT2D eigenvalue weighted by molar-refractivity contribution is 0.0590. The first-order chi connectivity index (χ1) is 13.3. The summed E-state index contributed by atoms with van der Waals surface area (Å²) in [5.74, 6) is -4.90. The van der Waals surface area contributed by atoms with E-state index in [4.69, 9.17) is 14.2 Å². The summed E-state index contributed by atoms with van der Waals surface area (Å²) < 4.78 is 24.7. The van der Waals surface area contributed by atoms with E-state index in [9.17, 15) is 24.9 Å². The molecule has 2 aromatic carbocycles. The maximum atomic E-state index is 12.1. The van der Waals surface area contributed by atoms with E-state index in [1.165, 1.54) is 20.3 Å². The molecule has 10 nitrogen and oxygen atoms in total. The third-order valence-corrected chi connectivity index (χ3v) is 3.70. The molecule has 0 heterocycles. The Balaban J connectivity index is 2.66. The van der Waals surface area contributed by atoms with Crippen LogP contribution in [0.1, 0.15) is 20.7 Å². The minimum Gasteiger partial charge on any atom is -0.504 e. The number of hydrogen-bond acceptors (Lipinski definition) is 10. The molecular weight excluding hydrogens is 376 g/mol. The lowest BCUT2D eigenvalue weighted by atomic mass is 10.1. The number of benzene rings is 2. The van der Waals surface area contributed by atoms with Gasteiger partial charge in [-0.3, -0.25) is 0 Å². The summed E-state index contributed by atoms with van der Waals surface area (Å²) in [7, 11) is 4.73. The standard InChI is InChI=1S/C18H18O10/c1-24-11-7-9(18(23)27-4)15(14(21)13(11)20)28-16-10(19)5-8(17(22)26-3)6-12(16)25-2/h5-7,19-21H,1-4H3. The average Bonchev–Trinajstić information content (AvgIpc) is 2.71. The number of ether oxygens (including phenoxy) is 5. The first-order valence-electron chi connectivity index (χ1n) is 7.67. The number of esters is 2. The molecule has 0 fully saturated rings. The molecule has 0 aliphatic carbocycles. The van der Waals surface area contributed by atoms with Crippen LogP contribution in [-0.2, 0) is 9.47 Å². The van der Waals surface area contributed by atoms with Crippen LogP contribution in [-0.4, -0.2) is 55.7 Å². The maximum absolute atomic E-state index is 12.1. The minimum atomic E-state index is -0.909. The van der Waals surface area contributed by atoms with Crippen molar-refractivity contribution in [2.75, 3.05) is 28.4 Å². The van der Waals surface area contributed by atoms with Crippen LogP contribution in [0.2, 0.25) is 0 Å². The van der Waals surface area contributed by atoms with Crippen molar-refractivity contribution < 1.29 is 48.6 Å². The molecule has 0 aliphatic heterocycles. The number of aromatic hydroxyl groups is 3. The van der Waals surface area contributed by atoms with Gasteiger partial charge in [-0.1, -0.05) is 0 Å². The average molecular weight is 394 g/mol. The van der Waals surface area contributed by atoms with Gasteiger partial charge in [-0.25, -0.2) is 9.59 Å². The smallest absolute Gasteiger partial charge is 0.341 e. The molecule has 0 atom stereocenters. The number of phenolic OH excluding ortho intramolecular Hbond substituents is 3. The Kier molecular flexibility index (Phi) is 6.04.